The molecular weight excluding hydrogens is 422 g/mol. The molecule has 1 aliphatic carbocycles. The molecule has 33 heavy (non-hydrogen) atoms. The fourth-order valence-electron chi connectivity index (χ4n) is 4.07. The van der Waals surface area contributed by atoms with E-state index in [9.17, 15) is 19.5 Å². The molecule has 0 radical (unpaired) electrons. The first-order chi connectivity index (χ1) is 15.6. The minimum absolute atomic E-state index is 0.0921. The number of nitrogens with one attached hydrogen (secondary N) is 1. The van der Waals surface area contributed by atoms with Gasteiger partial charge in [0.25, 0.3) is 0 Å². The van der Waals surface area contributed by atoms with Crippen molar-refractivity contribution in [3.63, 3.8) is 0 Å². The van der Waals surface area contributed by atoms with Gasteiger partial charge in [0.1, 0.15) is 18.7 Å². The highest BCUT2D eigenvalue weighted by Gasteiger charge is 2.36. The van der Waals surface area contributed by atoms with Gasteiger partial charge in [-0.05, 0) is 50.2 Å². The molecule has 0 fully saturated rings. The van der Waals surface area contributed by atoms with Crippen molar-refractivity contribution >= 4 is 18.0 Å². The van der Waals surface area contributed by atoms with E-state index in [1.54, 1.807) is 13.8 Å². The third-order valence-electron chi connectivity index (χ3n) is 5.72. The summed E-state index contributed by atoms with van der Waals surface area (Å²) in [6.45, 7) is 3.50. The second-order valence-corrected chi connectivity index (χ2v) is 9.00. The highest BCUT2D eigenvalue weighted by molar-refractivity contribution is 5.91. The van der Waals surface area contributed by atoms with Crippen LogP contribution < -0.4 is 5.32 Å². The summed E-state index contributed by atoms with van der Waals surface area (Å²) in [5, 5.41) is 11.8. The molecule has 3 rings (SSSR count). The number of amides is 2. The maximum Gasteiger partial charge on any atom is 0.408 e. The lowest BCUT2D eigenvalue weighted by Gasteiger charge is -2.32. The summed E-state index contributed by atoms with van der Waals surface area (Å²) in [5.41, 5.74) is 3.12. The summed E-state index contributed by atoms with van der Waals surface area (Å²) >= 11 is 0. The van der Waals surface area contributed by atoms with E-state index in [2.05, 4.69) is 17.4 Å². The van der Waals surface area contributed by atoms with E-state index in [1.807, 2.05) is 55.4 Å². The minimum Gasteiger partial charge on any atom is -0.480 e. The number of carbonyl (C=O) groups is 3. The number of carboxylic acid groups (broad SMARTS) is 1. The average Bonchev–Trinajstić information content (AvgIpc) is 3.08. The van der Waals surface area contributed by atoms with E-state index < -0.39 is 30.1 Å². The van der Waals surface area contributed by atoms with Crippen LogP contribution in [0.2, 0.25) is 0 Å². The lowest BCUT2D eigenvalue weighted by molar-refractivity contribution is -0.147. The molecule has 2 amide bonds. The van der Waals surface area contributed by atoms with Crippen molar-refractivity contribution in [2.24, 2.45) is 0 Å². The molecule has 0 saturated heterocycles. The van der Waals surface area contributed by atoms with Gasteiger partial charge in [-0.25, -0.2) is 4.79 Å². The second kappa shape index (κ2) is 10.0. The predicted molar refractivity (Wildman–Crippen MR) is 125 cm³/mol. The molecule has 0 unspecified atom stereocenters. The van der Waals surface area contributed by atoms with Crippen LogP contribution in [0.3, 0.4) is 0 Å². The van der Waals surface area contributed by atoms with Gasteiger partial charge >= 0.3 is 12.1 Å². The first-order valence-electron chi connectivity index (χ1n) is 10.9. The van der Waals surface area contributed by atoms with Crippen LogP contribution in [0.1, 0.15) is 30.9 Å². The average molecular weight is 454 g/mol. The van der Waals surface area contributed by atoms with Crippen molar-refractivity contribution in [2.75, 3.05) is 40.3 Å². The summed E-state index contributed by atoms with van der Waals surface area (Å²) in [7, 11) is 3.67. The van der Waals surface area contributed by atoms with Crippen LogP contribution in [-0.2, 0) is 14.3 Å². The van der Waals surface area contributed by atoms with Crippen LogP contribution in [-0.4, -0.2) is 78.8 Å². The number of hydrogen-bond donors (Lipinski definition) is 2. The minimum atomic E-state index is -1.33. The van der Waals surface area contributed by atoms with Gasteiger partial charge in [0, 0.05) is 19.0 Å². The normalized spacial score (nSPS) is 12.8. The lowest BCUT2D eigenvalue weighted by Crippen LogP contribution is -2.57. The van der Waals surface area contributed by atoms with E-state index in [0.29, 0.717) is 6.54 Å². The summed E-state index contributed by atoms with van der Waals surface area (Å²) in [6.07, 6.45) is -0.724. The second-order valence-electron chi connectivity index (χ2n) is 9.00. The van der Waals surface area contributed by atoms with E-state index in [1.165, 1.54) is 4.90 Å². The molecule has 0 aromatic heterocycles. The Balaban J connectivity index is 1.66. The molecule has 0 heterocycles. The molecular formula is C25H31N3O5. The number of fused-ring (bicyclic) bond motifs is 3. The van der Waals surface area contributed by atoms with Gasteiger partial charge in [-0.3, -0.25) is 9.59 Å². The highest BCUT2D eigenvalue weighted by Crippen LogP contribution is 2.44. The van der Waals surface area contributed by atoms with E-state index >= 15 is 0 Å². The van der Waals surface area contributed by atoms with Gasteiger partial charge < -0.3 is 25.0 Å². The van der Waals surface area contributed by atoms with E-state index in [4.69, 9.17) is 4.74 Å². The number of hydrogen-bond acceptors (Lipinski definition) is 5. The van der Waals surface area contributed by atoms with E-state index in [0.717, 1.165) is 22.3 Å². The molecule has 176 valence electrons. The van der Waals surface area contributed by atoms with Gasteiger partial charge in [-0.15, -0.1) is 0 Å². The number of aliphatic carboxylic acids is 1. The smallest absolute Gasteiger partial charge is 0.408 e. The Hall–Kier alpha value is -3.39. The molecule has 2 aromatic carbocycles. The van der Waals surface area contributed by atoms with Crippen LogP contribution in [0.5, 0.6) is 0 Å². The van der Waals surface area contributed by atoms with Crippen molar-refractivity contribution in [3.8, 4) is 11.1 Å². The van der Waals surface area contributed by atoms with Crippen LogP contribution >= 0.6 is 0 Å². The third-order valence-corrected chi connectivity index (χ3v) is 5.72. The summed E-state index contributed by atoms with van der Waals surface area (Å²) in [4.78, 5) is 40.0. The molecule has 0 spiro atoms. The number of carbonyl (C=O) groups excluding carboxylic acids is 2. The molecule has 2 aromatic rings. The molecule has 8 nitrogen and oxygen atoms in total. The molecule has 0 saturated carbocycles. The zero-order chi connectivity index (χ0) is 24.2. The van der Waals surface area contributed by atoms with Gasteiger partial charge in [0.15, 0.2) is 0 Å². The number of nitrogens with zero attached hydrogens (tertiary/aromatic N) is 2. The lowest BCUT2D eigenvalue weighted by atomic mass is 9.98. The molecule has 8 heteroatoms. The number of benzene rings is 2. The summed E-state index contributed by atoms with van der Waals surface area (Å²) in [6, 6.07) is 16.1. The fourth-order valence-corrected chi connectivity index (χ4v) is 4.07. The topological polar surface area (TPSA) is 99.2 Å². The Morgan fingerprint density at radius 3 is 2.03 bits per heavy atom. The highest BCUT2D eigenvalue weighted by atomic mass is 16.5. The van der Waals surface area contributed by atoms with Crippen molar-refractivity contribution in [3.05, 3.63) is 59.7 Å². The Morgan fingerprint density at radius 2 is 1.52 bits per heavy atom. The predicted octanol–water partition coefficient (Wildman–Crippen LogP) is 2.78. The maximum atomic E-state index is 13.0. The Bertz CT molecular complexity index is 989. The standard InChI is InChI=1S/C25H31N3O5/c1-25(2,23(31)28(15-22(29)30)14-13-27(3)4)26-24(32)33-16-21-19-11-7-5-9-17(19)18-10-6-8-12-20(18)21/h5-12,21H,13-16H2,1-4H3,(H,26,32)(H,29,30). The number of alkyl carbamates (subject to hydrolysis) is 1. The van der Waals surface area contributed by atoms with Crippen molar-refractivity contribution in [2.45, 2.75) is 25.3 Å². The molecule has 0 aliphatic heterocycles. The number of likely N-dealkylation sites (N-methyl/N-ethyl adjacent to an activating group) is 1. The SMILES string of the molecule is CN(C)CCN(CC(=O)O)C(=O)C(C)(C)NC(=O)OCC1c2ccccc2-c2ccccc21. The fraction of sp³-hybridized carbons (Fsp3) is 0.400. The molecule has 0 atom stereocenters. The molecule has 2 N–H and O–H groups in total. The largest absolute Gasteiger partial charge is 0.480 e. The number of ether oxygens (including phenoxy) is 1. The number of carboxylic acids is 1. The first-order valence-corrected chi connectivity index (χ1v) is 10.9. The number of rotatable bonds is 9. The van der Waals surface area contributed by atoms with Crippen molar-refractivity contribution in [1.29, 1.82) is 0 Å². The van der Waals surface area contributed by atoms with Crippen molar-refractivity contribution in [1.82, 2.24) is 15.1 Å². The Labute approximate surface area is 194 Å². The first kappa shape index (κ1) is 24.3. The van der Waals surface area contributed by atoms with Crippen LogP contribution in [0.15, 0.2) is 48.5 Å². The van der Waals surface area contributed by atoms with Crippen molar-refractivity contribution < 1.29 is 24.2 Å². The molecule has 0 bridgehead atoms. The monoisotopic (exact) mass is 453 g/mol. The van der Waals surface area contributed by atoms with Gasteiger partial charge in [0.05, 0.1) is 0 Å². The van der Waals surface area contributed by atoms with Crippen LogP contribution in [0.25, 0.3) is 11.1 Å². The van der Waals surface area contributed by atoms with Crippen LogP contribution in [0.4, 0.5) is 4.79 Å². The van der Waals surface area contributed by atoms with Gasteiger partial charge in [-0.2, -0.15) is 0 Å². The van der Waals surface area contributed by atoms with E-state index in [-0.39, 0.29) is 19.1 Å². The van der Waals surface area contributed by atoms with Crippen LogP contribution in [0, 0.1) is 0 Å². The zero-order valence-electron chi connectivity index (χ0n) is 19.5. The summed E-state index contributed by atoms with van der Waals surface area (Å²) in [5.74, 6) is -1.69. The quantitative estimate of drug-likeness (QED) is 0.606. The molecule has 1 aliphatic rings. The zero-order valence-corrected chi connectivity index (χ0v) is 19.5. The van der Waals surface area contributed by atoms with Gasteiger partial charge in [0.2, 0.25) is 5.91 Å². The van der Waals surface area contributed by atoms with Gasteiger partial charge in [-0.1, -0.05) is 48.5 Å². The Kier molecular flexibility index (Phi) is 7.38. The maximum absolute atomic E-state index is 13.0. The Morgan fingerprint density at radius 1 is 0.970 bits per heavy atom. The summed E-state index contributed by atoms with van der Waals surface area (Å²) < 4.78 is 5.54. The third kappa shape index (κ3) is 5.70.